The van der Waals surface area contributed by atoms with Crippen LogP contribution in [0.5, 0.6) is 0 Å². The molecule has 1 unspecified atom stereocenters. The normalized spacial score (nSPS) is 35.5. The van der Waals surface area contributed by atoms with Crippen molar-refractivity contribution in [2.24, 2.45) is 0 Å². The molecule has 2 aliphatic rings. The van der Waals surface area contributed by atoms with Gasteiger partial charge in [0.05, 0.1) is 11.4 Å². The molecule has 1 aliphatic heterocycles. The van der Waals surface area contributed by atoms with Crippen molar-refractivity contribution < 1.29 is 19.4 Å². The highest BCUT2D eigenvalue weighted by Gasteiger charge is 2.66. The molecule has 2 fully saturated rings. The van der Waals surface area contributed by atoms with Crippen molar-refractivity contribution in [1.82, 2.24) is 0 Å². The monoisotopic (exact) mass is 260 g/mol. The molecule has 1 saturated carbocycles. The lowest BCUT2D eigenvalue weighted by Gasteiger charge is -2.31. The van der Waals surface area contributed by atoms with Crippen LogP contribution in [0, 0.1) is 0 Å². The van der Waals surface area contributed by atoms with E-state index in [1.54, 1.807) is 11.8 Å². The number of hydrogen-bond acceptors (Lipinski definition) is 4. The Bertz CT molecular complexity index is 292. The first-order chi connectivity index (χ1) is 8.12. The van der Waals surface area contributed by atoms with Crippen molar-refractivity contribution in [2.75, 3.05) is 0 Å². The van der Waals surface area contributed by atoms with E-state index in [0.29, 0.717) is 5.25 Å². The van der Waals surface area contributed by atoms with Gasteiger partial charge in [-0.15, -0.1) is 11.8 Å². The maximum atomic E-state index is 10.8. The van der Waals surface area contributed by atoms with Gasteiger partial charge in [0.1, 0.15) is 6.10 Å². The highest BCUT2D eigenvalue weighted by atomic mass is 32.2. The molecule has 0 bridgehead atoms. The van der Waals surface area contributed by atoms with Crippen LogP contribution in [0.25, 0.3) is 0 Å². The zero-order valence-corrected chi connectivity index (χ0v) is 11.2. The van der Waals surface area contributed by atoms with E-state index in [0.717, 1.165) is 32.1 Å². The second kappa shape index (κ2) is 5.06. The van der Waals surface area contributed by atoms with Crippen LogP contribution in [0.15, 0.2) is 0 Å². The van der Waals surface area contributed by atoms with E-state index in [1.165, 1.54) is 0 Å². The number of carbonyl (C=O) groups is 1. The van der Waals surface area contributed by atoms with E-state index in [2.05, 4.69) is 13.8 Å². The molecule has 1 heterocycles. The van der Waals surface area contributed by atoms with Gasteiger partial charge in [0.2, 0.25) is 0 Å². The fourth-order valence-electron chi connectivity index (χ4n) is 2.59. The van der Waals surface area contributed by atoms with Crippen LogP contribution in [0.1, 0.15) is 46.0 Å². The first kappa shape index (κ1) is 13.0. The topological polar surface area (TPSA) is 55.8 Å². The third kappa shape index (κ3) is 2.55. The molecule has 0 aromatic heterocycles. The van der Waals surface area contributed by atoms with E-state index >= 15 is 0 Å². The molecule has 0 spiro atoms. The van der Waals surface area contributed by atoms with Crippen molar-refractivity contribution in [3.63, 3.8) is 0 Å². The minimum Gasteiger partial charge on any atom is -0.450 e. The van der Waals surface area contributed by atoms with Crippen molar-refractivity contribution in [1.29, 1.82) is 0 Å². The van der Waals surface area contributed by atoms with Gasteiger partial charge < -0.3 is 14.6 Å². The van der Waals surface area contributed by atoms with Gasteiger partial charge in [-0.25, -0.2) is 4.79 Å². The Hall–Kier alpha value is -0.420. The van der Waals surface area contributed by atoms with Gasteiger partial charge in [0.25, 0.3) is 0 Å². The predicted molar refractivity (Wildman–Crippen MR) is 66.3 cm³/mol. The summed E-state index contributed by atoms with van der Waals surface area (Å²) in [5, 5.41) is 9.14. The summed E-state index contributed by atoms with van der Waals surface area (Å²) in [6, 6.07) is 0. The van der Waals surface area contributed by atoms with Gasteiger partial charge in [-0.3, -0.25) is 0 Å². The highest BCUT2D eigenvalue weighted by molar-refractivity contribution is 8.08. The van der Waals surface area contributed by atoms with E-state index in [4.69, 9.17) is 14.6 Å². The smallest absolute Gasteiger partial charge is 0.450 e. The lowest BCUT2D eigenvalue weighted by atomic mass is 9.94. The summed E-state index contributed by atoms with van der Waals surface area (Å²) >= 11 is 1.62. The van der Waals surface area contributed by atoms with Crippen LogP contribution in [0.2, 0.25) is 0 Å². The van der Waals surface area contributed by atoms with Crippen LogP contribution >= 0.6 is 11.8 Å². The van der Waals surface area contributed by atoms with E-state index in [9.17, 15) is 4.79 Å². The van der Waals surface area contributed by atoms with E-state index in [-0.39, 0.29) is 12.2 Å². The molecule has 0 amide bonds. The van der Waals surface area contributed by atoms with Gasteiger partial charge in [-0.1, -0.05) is 13.8 Å². The number of rotatable bonds is 5. The number of ether oxygens (including phenoxy) is 2. The molecule has 4 nitrogen and oxygen atoms in total. The molecule has 3 atom stereocenters. The van der Waals surface area contributed by atoms with E-state index < -0.39 is 11.1 Å². The molecule has 5 heteroatoms. The van der Waals surface area contributed by atoms with Crippen molar-refractivity contribution >= 4 is 17.9 Å². The van der Waals surface area contributed by atoms with Gasteiger partial charge in [0, 0.05) is 0 Å². The Morgan fingerprint density at radius 1 is 1.47 bits per heavy atom. The Kier molecular flexibility index (Phi) is 3.88. The molecule has 1 N–H and O–H groups in total. The van der Waals surface area contributed by atoms with Crippen LogP contribution < -0.4 is 0 Å². The average Bonchev–Trinajstić information content (AvgIpc) is 2.99. The molecule has 0 aromatic rings. The Balaban J connectivity index is 2.01. The fraction of sp³-hybridized carbons (Fsp3) is 0.917. The molecule has 98 valence electrons. The standard InChI is InChI=1S/C12H20O4S/c1-3-8(4-2)15-9-6-5-7-10-12(9,17-10)16-11(13)14/h8-10H,3-7H2,1-2H3,(H,13,14)/t9-,10?,12+/m0/s1. The number of thioether (sulfide) groups is 1. The highest BCUT2D eigenvalue weighted by Crippen LogP contribution is 2.63. The lowest BCUT2D eigenvalue weighted by Crippen LogP contribution is -2.42. The van der Waals surface area contributed by atoms with Gasteiger partial charge in [0.15, 0.2) is 4.93 Å². The third-order valence-corrected chi connectivity index (χ3v) is 5.23. The quantitative estimate of drug-likeness (QED) is 0.607. The number of hydrogen-bond donors (Lipinski definition) is 1. The van der Waals surface area contributed by atoms with Crippen LogP contribution in [-0.2, 0) is 9.47 Å². The molecule has 17 heavy (non-hydrogen) atoms. The number of carboxylic acid groups (broad SMARTS) is 1. The summed E-state index contributed by atoms with van der Waals surface area (Å²) < 4.78 is 11.1. The molecule has 1 aliphatic carbocycles. The average molecular weight is 260 g/mol. The Morgan fingerprint density at radius 3 is 2.76 bits per heavy atom. The summed E-state index contributed by atoms with van der Waals surface area (Å²) in [6.45, 7) is 4.19. The first-order valence-electron chi connectivity index (χ1n) is 6.37. The van der Waals surface area contributed by atoms with Gasteiger partial charge >= 0.3 is 6.16 Å². The minimum atomic E-state index is -1.18. The largest absolute Gasteiger partial charge is 0.507 e. The molecule has 2 rings (SSSR count). The zero-order chi connectivity index (χ0) is 12.5. The third-order valence-electron chi connectivity index (χ3n) is 3.61. The lowest BCUT2D eigenvalue weighted by molar-refractivity contribution is -0.104. The fourth-order valence-corrected chi connectivity index (χ4v) is 4.01. The Labute approximate surface area is 106 Å². The summed E-state index contributed by atoms with van der Waals surface area (Å²) in [7, 11) is 0. The van der Waals surface area contributed by atoms with Gasteiger partial charge in [-0.2, -0.15) is 0 Å². The van der Waals surface area contributed by atoms with Crippen LogP contribution in [0.4, 0.5) is 4.79 Å². The van der Waals surface area contributed by atoms with E-state index in [1.807, 2.05) is 0 Å². The summed E-state index contributed by atoms with van der Waals surface area (Å²) in [5.41, 5.74) is 0. The second-order valence-corrected chi connectivity index (χ2v) is 6.13. The maximum Gasteiger partial charge on any atom is 0.507 e. The minimum absolute atomic E-state index is 0.0627. The predicted octanol–water partition coefficient (Wildman–Crippen LogP) is 3.25. The summed E-state index contributed by atoms with van der Waals surface area (Å²) in [5.74, 6) is 0. The molecular weight excluding hydrogens is 240 g/mol. The van der Waals surface area contributed by atoms with Crippen molar-refractivity contribution in [3.05, 3.63) is 0 Å². The van der Waals surface area contributed by atoms with Crippen LogP contribution in [0.3, 0.4) is 0 Å². The second-order valence-electron chi connectivity index (χ2n) is 4.69. The zero-order valence-electron chi connectivity index (χ0n) is 10.3. The van der Waals surface area contributed by atoms with Crippen LogP contribution in [-0.4, -0.2) is 33.7 Å². The molecule has 1 saturated heterocycles. The Morgan fingerprint density at radius 2 is 2.18 bits per heavy atom. The molecule has 0 radical (unpaired) electrons. The number of fused-ring (bicyclic) bond motifs is 1. The summed E-state index contributed by atoms with van der Waals surface area (Å²) in [6.07, 6.45) is 3.96. The van der Waals surface area contributed by atoms with Crippen molar-refractivity contribution in [3.8, 4) is 0 Å². The maximum absolute atomic E-state index is 10.8. The van der Waals surface area contributed by atoms with Gasteiger partial charge in [-0.05, 0) is 32.1 Å². The molecular formula is C12H20O4S. The SMILES string of the molecule is CCC(CC)O[C@H]1CCCC2S[C@@]21OC(=O)O. The first-order valence-corrected chi connectivity index (χ1v) is 7.25. The molecule has 0 aromatic carbocycles. The summed E-state index contributed by atoms with van der Waals surface area (Å²) in [4.78, 5) is 10.2. The van der Waals surface area contributed by atoms with Crippen molar-refractivity contribution in [2.45, 2.75) is 68.3 Å².